The Hall–Kier alpha value is -2.04. The molecule has 0 bridgehead atoms. The van der Waals surface area contributed by atoms with Gasteiger partial charge in [0.2, 0.25) is 0 Å². The van der Waals surface area contributed by atoms with Crippen molar-refractivity contribution in [2.75, 3.05) is 0 Å². The Kier molecular flexibility index (Phi) is 2.99. The van der Waals surface area contributed by atoms with Crippen molar-refractivity contribution < 1.29 is 9.90 Å². The van der Waals surface area contributed by atoms with Crippen LogP contribution in [-0.2, 0) is 13.1 Å². The maximum Gasteiger partial charge on any atom is 0.352 e. The minimum Gasteiger partial charge on any atom is -0.477 e. The van der Waals surface area contributed by atoms with Gasteiger partial charge in [-0.05, 0) is 25.5 Å². The van der Waals surface area contributed by atoms with Crippen molar-refractivity contribution in [1.82, 2.24) is 14.1 Å². The third-order valence-corrected chi connectivity index (χ3v) is 2.87. The molecule has 17 heavy (non-hydrogen) atoms. The Balaban J connectivity index is 2.15. The monoisotopic (exact) mass is 233 g/mol. The van der Waals surface area contributed by atoms with Gasteiger partial charge in [-0.25, -0.2) is 9.78 Å². The maximum atomic E-state index is 11.1. The summed E-state index contributed by atoms with van der Waals surface area (Å²) in [6, 6.07) is 1.82. The van der Waals surface area contributed by atoms with Crippen LogP contribution in [0.1, 0.15) is 21.9 Å². The van der Waals surface area contributed by atoms with Gasteiger partial charge >= 0.3 is 5.97 Å². The number of nitrogens with zero attached hydrogens (tertiary/aromatic N) is 3. The average molecular weight is 233 g/mol. The number of aromatic carboxylic acids is 1. The second kappa shape index (κ2) is 4.45. The average Bonchev–Trinajstić information content (AvgIpc) is 2.82. The van der Waals surface area contributed by atoms with Crippen molar-refractivity contribution in [3.8, 4) is 0 Å². The molecule has 90 valence electrons. The maximum absolute atomic E-state index is 11.1. The van der Waals surface area contributed by atoms with Crippen LogP contribution in [0.2, 0.25) is 0 Å². The Morgan fingerprint density at radius 2 is 2.00 bits per heavy atom. The molecule has 2 aromatic heterocycles. The molecule has 0 amide bonds. The number of aryl methyl sites for hydroxylation is 4. The van der Waals surface area contributed by atoms with E-state index in [1.807, 2.05) is 36.9 Å². The molecular formula is C12H15N3O2. The van der Waals surface area contributed by atoms with Crippen LogP contribution in [0.25, 0.3) is 0 Å². The Morgan fingerprint density at radius 1 is 1.29 bits per heavy atom. The van der Waals surface area contributed by atoms with E-state index in [9.17, 15) is 4.79 Å². The van der Waals surface area contributed by atoms with Gasteiger partial charge < -0.3 is 14.2 Å². The Labute approximate surface area is 99.3 Å². The minimum absolute atomic E-state index is 0.364. The van der Waals surface area contributed by atoms with Gasteiger partial charge in [0.1, 0.15) is 11.5 Å². The molecule has 0 spiro atoms. The number of hydrogen-bond donors (Lipinski definition) is 1. The molecule has 0 aliphatic rings. The number of carboxylic acid groups (broad SMARTS) is 1. The summed E-state index contributed by atoms with van der Waals surface area (Å²) in [5.74, 6) is 0.0561. The van der Waals surface area contributed by atoms with E-state index in [0.717, 1.165) is 17.9 Å². The summed E-state index contributed by atoms with van der Waals surface area (Å²) in [6.07, 6.45) is 5.45. The molecule has 0 aromatic carbocycles. The van der Waals surface area contributed by atoms with E-state index in [1.165, 1.54) is 0 Å². The number of carboxylic acids is 1. The first-order chi connectivity index (χ1) is 8.09. The van der Waals surface area contributed by atoms with Gasteiger partial charge in [-0.1, -0.05) is 0 Å². The molecule has 2 heterocycles. The van der Waals surface area contributed by atoms with E-state index in [4.69, 9.17) is 5.11 Å². The lowest BCUT2D eigenvalue weighted by Gasteiger charge is -2.08. The zero-order valence-corrected chi connectivity index (χ0v) is 9.92. The number of aromatic nitrogens is 3. The van der Waals surface area contributed by atoms with Gasteiger partial charge in [-0.3, -0.25) is 0 Å². The quantitative estimate of drug-likeness (QED) is 0.874. The van der Waals surface area contributed by atoms with Crippen LogP contribution in [0.4, 0.5) is 0 Å². The third kappa shape index (κ3) is 2.22. The summed E-state index contributed by atoms with van der Waals surface area (Å²) in [7, 11) is 0. The van der Waals surface area contributed by atoms with Crippen molar-refractivity contribution in [2.24, 2.45) is 0 Å². The van der Waals surface area contributed by atoms with Gasteiger partial charge in [0.15, 0.2) is 0 Å². The lowest BCUT2D eigenvalue weighted by molar-refractivity contribution is 0.0684. The third-order valence-electron chi connectivity index (χ3n) is 2.87. The van der Waals surface area contributed by atoms with Gasteiger partial charge in [0.25, 0.3) is 0 Å². The van der Waals surface area contributed by atoms with Crippen molar-refractivity contribution in [2.45, 2.75) is 26.9 Å². The van der Waals surface area contributed by atoms with Gasteiger partial charge in [0, 0.05) is 31.7 Å². The van der Waals surface area contributed by atoms with Crippen molar-refractivity contribution in [1.29, 1.82) is 0 Å². The topological polar surface area (TPSA) is 60.0 Å². The normalized spacial score (nSPS) is 10.7. The van der Waals surface area contributed by atoms with E-state index >= 15 is 0 Å². The molecule has 0 fully saturated rings. The predicted molar refractivity (Wildman–Crippen MR) is 63.1 cm³/mol. The van der Waals surface area contributed by atoms with E-state index < -0.39 is 5.97 Å². The molecule has 0 radical (unpaired) electrons. The molecule has 0 saturated heterocycles. The lowest BCUT2D eigenvalue weighted by atomic mass is 10.3. The standard InChI is InChI=1S/C12H15N3O2/c1-9-3-5-15(11(9)12(16)17)8-7-14-6-4-13-10(14)2/h3-6H,7-8H2,1-2H3,(H,16,17). The second-order valence-electron chi connectivity index (χ2n) is 4.01. The van der Waals surface area contributed by atoms with Crippen molar-refractivity contribution in [3.63, 3.8) is 0 Å². The van der Waals surface area contributed by atoms with Crippen molar-refractivity contribution in [3.05, 3.63) is 41.7 Å². The van der Waals surface area contributed by atoms with Crippen LogP contribution in [0, 0.1) is 13.8 Å². The van der Waals surface area contributed by atoms with E-state index in [-0.39, 0.29) is 0 Å². The van der Waals surface area contributed by atoms with Crippen LogP contribution in [0.3, 0.4) is 0 Å². The van der Waals surface area contributed by atoms with Crippen LogP contribution >= 0.6 is 0 Å². The smallest absolute Gasteiger partial charge is 0.352 e. The van der Waals surface area contributed by atoms with Gasteiger partial charge in [-0.15, -0.1) is 0 Å². The molecular weight excluding hydrogens is 218 g/mol. The van der Waals surface area contributed by atoms with Crippen LogP contribution in [-0.4, -0.2) is 25.2 Å². The van der Waals surface area contributed by atoms with E-state index in [0.29, 0.717) is 12.2 Å². The van der Waals surface area contributed by atoms with Crippen LogP contribution in [0.5, 0.6) is 0 Å². The first-order valence-electron chi connectivity index (χ1n) is 5.46. The van der Waals surface area contributed by atoms with Gasteiger partial charge in [-0.2, -0.15) is 0 Å². The number of carbonyl (C=O) groups is 1. The number of imidazole rings is 1. The van der Waals surface area contributed by atoms with Crippen molar-refractivity contribution >= 4 is 5.97 Å². The highest BCUT2D eigenvalue weighted by Gasteiger charge is 2.12. The zero-order valence-electron chi connectivity index (χ0n) is 9.92. The second-order valence-corrected chi connectivity index (χ2v) is 4.01. The highest BCUT2D eigenvalue weighted by Crippen LogP contribution is 2.10. The Morgan fingerprint density at radius 3 is 2.59 bits per heavy atom. The minimum atomic E-state index is -0.880. The molecule has 0 unspecified atom stereocenters. The van der Waals surface area contributed by atoms with E-state index in [1.54, 1.807) is 10.8 Å². The summed E-state index contributed by atoms with van der Waals surface area (Å²) in [5.41, 5.74) is 1.16. The molecule has 0 atom stereocenters. The fourth-order valence-corrected chi connectivity index (χ4v) is 1.92. The molecule has 0 saturated carbocycles. The first-order valence-corrected chi connectivity index (χ1v) is 5.46. The molecule has 5 heteroatoms. The predicted octanol–water partition coefficient (Wildman–Crippen LogP) is 1.70. The first kappa shape index (κ1) is 11.4. The number of hydrogen-bond acceptors (Lipinski definition) is 2. The summed E-state index contributed by atoms with van der Waals surface area (Å²) in [5, 5.41) is 9.11. The zero-order chi connectivity index (χ0) is 12.4. The highest BCUT2D eigenvalue weighted by molar-refractivity contribution is 5.87. The fraction of sp³-hybridized carbons (Fsp3) is 0.333. The van der Waals surface area contributed by atoms with E-state index in [2.05, 4.69) is 4.98 Å². The molecule has 2 rings (SSSR count). The Bertz CT molecular complexity index is 540. The summed E-state index contributed by atoms with van der Waals surface area (Å²) >= 11 is 0. The molecule has 2 aromatic rings. The summed E-state index contributed by atoms with van der Waals surface area (Å²) in [4.78, 5) is 15.2. The van der Waals surface area contributed by atoms with Crippen LogP contribution < -0.4 is 0 Å². The molecule has 0 aliphatic heterocycles. The fourth-order valence-electron chi connectivity index (χ4n) is 1.92. The van der Waals surface area contributed by atoms with Crippen LogP contribution in [0.15, 0.2) is 24.7 Å². The number of rotatable bonds is 4. The summed E-state index contributed by atoms with van der Waals surface area (Å²) in [6.45, 7) is 5.09. The van der Waals surface area contributed by atoms with Gasteiger partial charge in [0.05, 0.1) is 0 Å². The molecule has 5 nitrogen and oxygen atoms in total. The molecule has 1 N–H and O–H groups in total. The molecule has 0 aliphatic carbocycles. The SMILES string of the molecule is Cc1ccn(CCn2ccnc2C)c1C(=O)O. The highest BCUT2D eigenvalue weighted by atomic mass is 16.4. The largest absolute Gasteiger partial charge is 0.477 e. The summed E-state index contributed by atoms with van der Waals surface area (Å²) < 4.78 is 3.76. The lowest BCUT2D eigenvalue weighted by Crippen LogP contribution is -2.13.